The van der Waals surface area contributed by atoms with Gasteiger partial charge in [-0.2, -0.15) is 0 Å². The molecule has 7 nitrogen and oxygen atoms in total. The van der Waals surface area contributed by atoms with Crippen LogP contribution in [-0.2, 0) is 18.9 Å². The zero-order valence-corrected chi connectivity index (χ0v) is 21.3. The Morgan fingerprint density at radius 2 is 1.36 bits per heavy atom. The van der Waals surface area contributed by atoms with Gasteiger partial charge in [-0.1, -0.05) is 90.4 Å². The van der Waals surface area contributed by atoms with Crippen molar-refractivity contribution in [3.63, 3.8) is 0 Å². The highest BCUT2D eigenvalue weighted by molar-refractivity contribution is 4.82. The summed E-state index contributed by atoms with van der Waals surface area (Å²) in [6, 6.07) is 0. The summed E-state index contributed by atoms with van der Waals surface area (Å²) in [7, 11) is 1.61. The van der Waals surface area contributed by atoms with Gasteiger partial charge in [-0.25, -0.2) is 0 Å². The number of hydrogen-bond acceptors (Lipinski definition) is 7. The van der Waals surface area contributed by atoms with Gasteiger partial charge in [0.25, 0.3) is 0 Å². The smallest absolute Gasteiger partial charge is 0.160 e. The quantitative estimate of drug-likeness (QED) is 0.200. The molecule has 0 spiro atoms. The molecule has 1 aliphatic heterocycles. The van der Waals surface area contributed by atoms with Crippen molar-refractivity contribution in [2.45, 2.75) is 134 Å². The summed E-state index contributed by atoms with van der Waals surface area (Å²) in [6.45, 7) is 3.33. The number of hydrogen-bond donors (Lipinski definition) is 3. The Hall–Kier alpha value is -0.280. The largest absolute Gasteiger partial charge is 0.394 e. The molecule has 1 heterocycles. The van der Waals surface area contributed by atoms with Gasteiger partial charge < -0.3 is 34.3 Å². The van der Waals surface area contributed by atoms with E-state index in [1.165, 1.54) is 83.5 Å². The van der Waals surface area contributed by atoms with Gasteiger partial charge in [-0.3, -0.25) is 0 Å². The lowest BCUT2D eigenvalue weighted by Gasteiger charge is -2.36. The van der Waals surface area contributed by atoms with Gasteiger partial charge in [0.05, 0.1) is 25.9 Å². The van der Waals surface area contributed by atoms with Crippen LogP contribution < -0.4 is 0 Å². The maximum Gasteiger partial charge on any atom is 0.160 e. The van der Waals surface area contributed by atoms with Crippen LogP contribution in [0.1, 0.15) is 103 Å². The van der Waals surface area contributed by atoms with E-state index in [9.17, 15) is 15.3 Å². The third-order valence-electron chi connectivity index (χ3n) is 6.46. The maximum absolute atomic E-state index is 9.85. The third kappa shape index (κ3) is 15.4. The Morgan fingerprint density at radius 3 is 1.88 bits per heavy atom. The second-order valence-electron chi connectivity index (χ2n) is 9.44. The number of methoxy groups -OCH3 is 1. The van der Waals surface area contributed by atoms with E-state index in [0.717, 1.165) is 13.0 Å². The Bertz CT molecular complexity index is 423. The normalized spacial score (nSPS) is 24.3. The van der Waals surface area contributed by atoms with E-state index in [0.29, 0.717) is 6.61 Å². The molecule has 0 aromatic carbocycles. The summed E-state index contributed by atoms with van der Waals surface area (Å²) < 4.78 is 22.3. The molecule has 33 heavy (non-hydrogen) atoms. The predicted molar refractivity (Wildman–Crippen MR) is 130 cm³/mol. The lowest BCUT2D eigenvalue weighted by molar-refractivity contribution is -0.263. The van der Waals surface area contributed by atoms with Crippen LogP contribution in [0.4, 0.5) is 0 Å². The zero-order chi connectivity index (χ0) is 24.2. The Kier molecular flexibility index (Phi) is 19.6. The van der Waals surface area contributed by atoms with Gasteiger partial charge >= 0.3 is 0 Å². The predicted octanol–water partition coefficient (Wildman–Crippen LogP) is 4.35. The first-order valence-corrected chi connectivity index (χ1v) is 13.5. The van der Waals surface area contributed by atoms with E-state index in [-0.39, 0.29) is 25.7 Å². The molecule has 1 fully saturated rings. The second-order valence-corrected chi connectivity index (χ2v) is 9.44. The molecule has 1 aliphatic rings. The number of unbranched alkanes of at least 4 members (excludes halogenated alkanes) is 13. The van der Waals surface area contributed by atoms with Crippen molar-refractivity contribution in [1.82, 2.24) is 0 Å². The Morgan fingerprint density at radius 1 is 0.818 bits per heavy atom. The Labute approximate surface area is 202 Å². The first kappa shape index (κ1) is 30.8. The van der Waals surface area contributed by atoms with E-state index >= 15 is 0 Å². The molecule has 0 amide bonds. The van der Waals surface area contributed by atoms with E-state index < -0.39 is 24.6 Å². The van der Waals surface area contributed by atoms with Crippen LogP contribution in [0, 0.1) is 0 Å². The lowest BCUT2D eigenvalue weighted by atomic mass is 10.0. The monoisotopic (exact) mass is 476 g/mol. The highest BCUT2D eigenvalue weighted by Crippen LogP contribution is 2.21. The lowest BCUT2D eigenvalue weighted by Crippen LogP contribution is -2.50. The van der Waals surface area contributed by atoms with Crippen molar-refractivity contribution >= 4 is 0 Å². The van der Waals surface area contributed by atoms with Crippen LogP contribution >= 0.6 is 0 Å². The molecule has 7 heteroatoms. The summed E-state index contributed by atoms with van der Waals surface area (Å²) in [5.41, 5.74) is 0. The van der Waals surface area contributed by atoms with Crippen LogP contribution in [0.15, 0.2) is 0 Å². The topological polar surface area (TPSA) is 97.6 Å². The van der Waals surface area contributed by atoms with Crippen molar-refractivity contribution in [2.75, 3.05) is 33.5 Å². The van der Waals surface area contributed by atoms with Crippen LogP contribution in [-0.4, -0.2) is 79.6 Å². The minimum Gasteiger partial charge on any atom is -0.394 e. The fourth-order valence-electron chi connectivity index (χ4n) is 4.19. The van der Waals surface area contributed by atoms with Crippen LogP contribution in [0.5, 0.6) is 0 Å². The summed E-state index contributed by atoms with van der Waals surface area (Å²) in [5.74, 6) is 0. The molecule has 3 N–H and O–H groups in total. The molecule has 0 aliphatic carbocycles. The first-order chi connectivity index (χ1) is 16.1. The fraction of sp³-hybridized carbons (Fsp3) is 1.00. The van der Waals surface area contributed by atoms with Crippen molar-refractivity contribution in [3.05, 3.63) is 0 Å². The molecular formula is C26H52O7. The molecule has 1 rings (SSSR count). The molecular weight excluding hydrogens is 424 g/mol. The van der Waals surface area contributed by atoms with Crippen molar-refractivity contribution in [2.24, 2.45) is 0 Å². The van der Waals surface area contributed by atoms with Crippen LogP contribution in [0.3, 0.4) is 0 Å². The number of rotatable bonds is 22. The fourth-order valence-corrected chi connectivity index (χ4v) is 4.19. The highest BCUT2D eigenvalue weighted by Gasteiger charge is 2.37. The Balaban J connectivity index is 1.91. The molecule has 0 aromatic rings. The number of aliphatic hydroxyl groups excluding tert-OH is 3. The van der Waals surface area contributed by atoms with Gasteiger partial charge in [0.1, 0.15) is 18.3 Å². The number of aliphatic hydroxyl groups is 3. The first-order valence-electron chi connectivity index (χ1n) is 13.5. The van der Waals surface area contributed by atoms with Gasteiger partial charge in [0.15, 0.2) is 6.29 Å². The summed E-state index contributed by atoms with van der Waals surface area (Å²) in [5, 5.41) is 28.8. The van der Waals surface area contributed by atoms with Gasteiger partial charge in [0, 0.05) is 20.1 Å². The van der Waals surface area contributed by atoms with Crippen molar-refractivity contribution < 1.29 is 34.3 Å². The average Bonchev–Trinajstić information content (AvgIpc) is 2.82. The summed E-state index contributed by atoms with van der Waals surface area (Å²) in [4.78, 5) is 0. The van der Waals surface area contributed by atoms with Crippen molar-refractivity contribution in [3.8, 4) is 0 Å². The molecule has 0 aromatic heterocycles. The van der Waals surface area contributed by atoms with Crippen LogP contribution in [0.25, 0.3) is 0 Å². The summed E-state index contributed by atoms with van der Waals surface area (Å²) in [6.07, 6.45) is 15.1. The van der Waals surface area contributed by atoms with E-state index in [1.54, 1.807) is 7.11 Å². The highest BCUT2D eigenvalue weighted by atomic mass is 16.7. The molecule has 1 saturated heterocycles. The minimum absolute atomic E-state index is 0.161. The second kappa shape index (κ2) is 21.0. The SMILES string of the molecule is CCCCCCCCCCCCCCCCOC[C@H](CO[C@@H]1C[C@@H](O)[C@H](O)[C@@H](CO)O1)OC. The third-order valence-corrected chi connectivity index (χ3v) is 6.46. The molecule has 0 radical (unpaired) electrons. The van der Waals surface area contributed by atoms with E-state index in [1.807, 2.05) is 0 Å². The van der Waals surface area contributed by atoms with Gasteiger partial charge in [0.2, 0.25) is 0 Å². The van der Waals surface area contributed by atoms with Gasteiger partial charge in [-0.05, 0) is 6.42 Å². The zero-order valence-electron chi connectivity index (χ0n) is 21.3. The minimum atomic E-state index is -1.10. The average molecular weight is 477 g/mol. The summed E-state index contributed by atoms with van der Waals surface area (Å²) >= 11 is 0. The standard InChI is InChI=1S/C26H52O7/c1-3-4-5-6-7-8-9-10-11-12-13-14-15-16-17-31-20-22(30-2)21-32-25-18-23(28)26(29)24(19-27)33-25/h22-29H,3-21H2,1-2H3/t22-,23-,24-,25+,26+/m1/s1. The van der Waals surface area contributed by atoms with Crippen molar-refractivity contribution in [1.29, 1.82) is 0 Å². The molecule has 0 bridgehead atoms. The maximum atomic E-state index is 9.85. The van der Waals surface area contributed by atoms with Crippen LogP contribution in [0.2, 0.25) is 0 Å². The molecule has 0 saturated carbocycles. The number of ether oxygens (including phenoxy) is 4. The van der Waals surface area contributed by atoms with Gasteiger partial charge in [-0.15, -0.1) is 0 Å². The molecule has 5 atom stereocenters. The van der Waals surface area contributed by atoms with E-state index in [4.69, 9.17) is 18.9 Å². The molecule has 198 valence electrons. The molecule has 0 unspecified atom stereocenters. The van der Waals surface area contributed by atoms with E-state index in [2.05, 4.69) is 6.92 Å².